The van der Waals surface area contributed by atoms with Crippen molar-refractivity contribution in [2.75, 3.05) is 38.2 Å². The molecule has 0 aliphatic carbocycles. The summed E-state index contributed by atoms with van der Waals surface area (Å²) in [4.78, 5) is 12.8. The zero-order chi connectivity index (χ0) is 22.4. The Morgan fingerprint density at radius 1 is 1.19 bits per heavy atom. The number of carbonyl (C=O) groups excluding carboxylic acids is 1. The molecule has 1 N–H and O–H groups in total. The van der Waals surface area contributed by atoms with Crippen LogP contribution in [-0.4, -0.2) is 57.3 Å². The largest absolute Gasteiger partial charge is 0.492 e. The summed E-state index contributed by atoms with van der Waals surface area (Å²) in [5.41, 5.74) is 0.524. The van der Waals surface area contributed by atoms with Gasteiger partial charge in [0.25, 0.3) is 11.7 Å². The highest BCUT2D eigenvalue weighted by atomic mass is 32.2. The molecule has 1 amide bonds. The summed E-state index contributed by atoms with van der Waals surface area (Å²) in [5.74, 6) is -2.84. The molecule has 1 aliphatic rings. The van der Waals surface area contributed by atoms with E-state index in [9.17, 15) is 22.0 Å². The lowest BCUT2D eigenvalue weighted by Crippen LogP contribution is -2.40. The van der Waals surface area contributed by atoms with Crippen molar-refractivity contribution in [2.45, 2.75) is 22.5 Å². The molecule has 1 saturated heterocycles. The molecule has 0 atom stereocenters. The monoisotopic (exact) mass is 472 g/mol. The van der Waals surface area contributed by atoms with Crippen LogP contribution in [0.15, 0.2) is 52.3 Å². The van der Waals surface area contributed by atoms with Gasteiger partial charge in [0.2, 0.25) is 10.0 Å². The molecule has 1 fully saturated rings. The first kappa shape index (κ1) is 23.5. The van der Waals surface area contributed by atoms with E-state index >= 15 is 0 Å². The molecule has 168 valence electrons. The maximum Gasteiger partial charge on any atom is 0.288 e. The second-order valence-electron chi connectivity index (χ2n) is 6.47. The molecular formula is C20H22F2N2O5S2. The Kier molecular flexibility index (Phi) is 7.87. The van der Waals surface area contributed by atoms with E-state index in [1.54, 1.807) is 13.0 Å². The van der Waals surface area contributed by atoms with Crippen LogP contribution in [0.3, 0.4) is 0 Å². The molecule has 31 heavy (non-hydrogen) atoms. The van der Waals surface area contributed by atoms with Crippen molar-refractivity contribution < 1.29 is 31.5 Å². The number of anilines is 1. The number of benzene rings is 2. The molecule has 1 heterocycles. The van der Waals surface area contributed by atoms with Crippen LogP contribution >= 0.6 is 11.8 Å². The van der Waals surface area contributed by atoms with Crippen LogP contribution < -0.4 is 10.1 Å². The number of hydrogen-bond donors (Lipinski definition) is 1. The number of ether oxygens (including phenoxy) is 2. The number of alkyl halides is 2. The molecule has 2 aromatic carbocycles. The first-order valence-electron chi connectivity index (χ1n) is 9.52. The highest BCUT2D eigenvalue weighted by Gasteiger charge is 2.29. The Morgan fingerprint density at radius 3 is 2.48 bits per heavy atom. The Labute approximate surface area is 183 Å². The zero-order valence-electron chi connectivity index (χ0n) is 16.7. The van der Waals surface area contributed by atoms with Crippen LogP contribution in [0, 0.1) is 0 Å². The summed E-state index contributed by atoms with van der Waals surface area (Å²) < 4.78 is 63.2. The van der Waals surface area contributed by atoms with E-state index in [0.717, 1.165) is 0 Å². The molecule has 0 bridgehead atoms. The Hall–Kier alpha value is -2.21. The molecular weight excluding hydrogens is 450 g/mol. The molecule has 1 aliphatic heterocycles. The second-order valence-corrected chi connectivity index (χ2v) is 9.44. The number of morpholine rings is 1. The number of sulfonamides is 1. The first-order valence-corrected chi connectivity index (χ1v) is 11.8. The van der Waals surface area contributed by atoms with E-state index in [1.165, 1.54) is 40.7 Å². The van der Waals surface area contributed by atoms with E-state index < -0.39 is 21.7 Å². The molecule has 2 aromatic rings. The molecule has 0 radical (unpaired) electrons. The van der Waals surface area contributed by atoms with Crippen molar-refractivity contribution in [3.63, 3.8) is 0 Å². The minimum Gasteiger partial charge on any atom is -0.492 e. The van der Waals surface area contributed by atoms with Crippen molar-refractivity contribution in [1.82, 2.24) is 4.31 Å². The quantitative estimate of drug-likeness (QED) is 0.590. The predicted molar refractivity (Wildman–Crippen MR) is 113 cm³/mol. The van der Waals surface area contributed by atoms with E-state index in [-0.39, 0.29) is 41.6 Å². The Balaban J connectivity index is 1.83. The Morgan fingerprint density at radius 2 is 1.87 bits per heavy atom. The summed E-state index contributed by atoms with van der Waals surface area (Å²) in [5, 5.41) is 2.65. The summed E-state index contributed by atoms with van der Waals surface area (Å²) in [7, 11) is -3.85. The minimum absolute atomic E-state index is 0.0438. The summed E-state index contributed by atoms with van der Waals surface area (Å²) in [6.45, 7) is 3.09. The van der Waals surface area contributed by atoms with Gasteiger partial charge in [0.15, 0.2) is 0 Å². The van der Waals surface area contributed by atoms with Crippen LogP contribution in [0.4, 0.5) is 14.5 Å². The van der Waals surface area contributed by atoms with Gasteiger partial charge in [0, 0.05) is 29.2 Å². The van der Waals surface area contributed by atoms with Gasteiger partial charge in [0.05, 0.1) is 19.8 Å². The standard InChI is InChI=1S/C20H22F2N2O5S2/c1-2-29-17-8-5-15(13-18(17)31(26,27)24-9-11-28-12-10-24)23-19(25)14-3-6-16(7-4-14)30-20(21)22/h3-8,13,20H,2,9-12H2,1H3,(H,23,25). The lowest BCUT2D eigenvalue weighted by Gasteiger charge is -2.27. The lowest BCUT2D eigenvalue weighted by molar-refractivity contribution is 0.0729. The van der Waals surface area contributed by atoms with Crippen molar-refractivity contribution in [3.8, 4) is 5.75 Å². The number of carbonyl (C=O) groups is 1. The first-order chi connectivity index (χ1) is 14.8. The molecule has 0 saturated carbocycles. The molecule has 3 rings (SSSR count). The summed E-state index contributed by atoms with van der Waals surface area (Å²) in [6.07, 6.45) is 0. The van der Waals surface area contributed by atoms with Gasteiger partial charge in [0.1, 0.15) is 10.6 Å². The summed E-state index contributed by atoms with van der Waals surface area (Å²) in [6, 6.07) is 10.1. The van der Waals surface area contributed by atoms with Gasteiger partial charge in [-0.2, -0.15) is 13.1 Å². The smallest absolute Gasteiger partial charge is 0.288 e. The number of hydrogen-bond acceptors (Lipinski definition) is 6. The molecule has 11 heteroatoms. The predicted octanol–water partition coefficient (Wildman–Crippen LogP) is 3.67. The van der Waals surface area contributed by atoms with Gasteiger partial charge in [-0.3, -0.25) is 4.79 Å². The third-order valence-corrected chi connectivity index (χ3v) is 7.07. The maximum absolute atomic E-state index is 13.1. The SMILES string of the molecule is CCOc1ccc(NC(=O)c2ccc(SC(F)F)cc2)cc1S(=O)(=O)N1CCOCC1. The Bertz CT molecular complexity index is 1010. The molecule has 7 nitrogen and oxygen atoms in total. The molecule has 0 aromatic heterocycles. The zero-order valence-corrected chi connectivity index (χ0v) is 18.3. The third-order valence-electron chi connectivity index (χ3n) is 4.43. The van der Waals surface area contributed by atoms with Gasteiger partial charge in [-0.05, 0) is 49.4 Å². The van der Waals surface area contributed by atoms with Crippen LogP contribution in [-0.2, 0) is 14.8 Å². The fourth-order valence-electron chi connectivity index (χ4n) is 2.98. The van der Waals surface area contributed by atoms with Crippen molar-refractivity contribution in [1.29, 1.82) is 0 Å². The van der Waals surface area contributed by atoms with Gasteiger partial charge in [-0.15, -0.1) is 0 Å². The summed E-state index contributed by atoms with van der Waals surface area (Å²) >= 11 is 0.388. The van der Waals surface area contributed by atoms with Crippen molar-refractivity contribution >= 4 is 33.4 Å². The minimum atomic E-state index is -3.85. The third kappa shape index (κ3) is 5.94. The number of thioether (sulfide) groups is 1. The van der Waals surface area contributed by atoms with Gasteiger partial charge in [-0.1, -0.05) is 11.8 Å². The van der Waals surface area contributed by atoms with Crippen LogP contribution in [0.1, 0.15) is 17.3 Å². The van der Waals surface area contributed by atoms with Crippen molar-refractivity contribution in [2.24, 2.45) is 0 Å². The van der Waals surface area contributed by atoms with Gasteiger partial charge < -0.3 is 14.8 Å². The average molecular weight is 473 g/mol. The van der Waals surface area contributed by atoms with E-state index in [4.69, 9.17) is 9.47 Å². The van der Waals surface area contributed by atoms with E-state index in [0.29, 0.717) is 29.9 Å². The molecule has 0 spiro atoms. The van der Waals surface area contributed by atoms with Gasteiger partial charge in [-0.25, -0.2) is 8.42 Å². The highest BCUT2D eigenvalue weighted by Crippen LogP contribution is 2.31. The van der Waals surface area contributed by atoms with Crippen molar-refractivity contribution in [3.05, 3.63) is 48.0 Å². The number of halogens is 2. The van der Waals surface area contributed by atoms with Crippen LogP contribution in [0.25, 0.3) is 0 Å². The topological polar surface area (TPSA) is 84.9 Å². The van der Waals surface area contributed by atoms with E-state index in [2.05, 4.69) is 5.32 Å². The normalized spacial score (nSPS) is 15.1. The maximum atomic E-state index is 13.1. The fraction of sp³-hybridized carbons (Fsp3) is 0.350. The molecule has 0 unspecified atom stereocenters. The average Bonchev–Trinajstić information content (AvgIpc) is 2.75. The fourth-order valence-corrected chi connectivity index (χ4v) is 5.04. The number of rotatable bonds is 8. The van der Waals surface area contributed by atoms with Crippen LogP contribution in [0.2, 0.25) is 0 Å². The number of nitrogens with zero attached hydrogens (tertiary/aromatic N) is 1. The van der Waals surface area contributed by atoms with Gasteiger partial charge >= 0.3 is 0 Å². The van der Waals surface area contributed by atoms with Crippen LogP contribution in [0.5, 0.6) is 5.75 Å². The lowest BCUT2D eigenvalue weighted by atomic mass is 10.2. The second kappa shape index (κ2) is 10.4. The highest BCUT2D eigenvalue weighted by molar-refractivity contribution is 7.99. The van der Waals surface area contributed by atoms with E-state index in [1.807, 2.05) is 0 Å². The number of amides is 1. The number of nitrogens with one attached hydrogen (secondary N) is 1.